The molecule has 30 heavy (non-hydrogen) atoms. The molecule has 8 heteroatoms. The molecular formula is C22H27N5O2S. The number of hydrogen-bond acceptors (Lipinski definition) is 5. The molecule has 0 radical (unpaired) electrons. The van der Waals surface area contributed by atoms with Crippen LogP contribution < -0.4 is 5.32 Å². The number of likely N-dealkylation sites (tertiary alicyclic amines) is 1. The normalized spacial score (nSPS) is 21.5. The topological polar surface area (TPSA) is 78.4 Å². The lowest BCUT2D eigenvalue weighted by atomic mass is 9.90. The van der Waals surface area contributed by atoms with Gasteiger partial charge in [-0.15, -0.1) is 11.3 Å². The molecule has 1 atom stereocenters. The van der Waals surface area contributed by atoms with Gasteiger partial charge in [-0.2, -0.15) is 0 Å². The Morgan fingerprint density at radius 2 is 2.00 bits per heavy atom. The smallest absolute Gasteiger partial charge is 0.318 e. The molecule has 0 bridgehead atoms. The molecule has 2 aromatic heterocycles. The minimum Gasteiger partial charge on any atom is -0.343 e. The van der Waals surface area contributed by atoms with Gasteiger partial charge in [0.1, 0.15) is 0 Å². The summed E-state index contributed by atoms with van der Waals surface area (Å²) in [5, 5.41) is 6.13. The summed E-state index contributed by atoms with van der Waals surface area (Å²) in [5.41, 5.74) is 2.66. The summed E-state index contributed by atoms with van der Waals surface area (Å²) in [5.74, 6) is 0.786. The molecule has 2 aromatic rings. The van der Waals surface area contributed by atoms with Gasteiger partial charge in [0.15, 0.2) is 0 Å². The van der Waals surface area contributed by atoms with E-state index in [4.69, 9.17) is 0 Å². The number of hydrogen-bond donors (Lipinski definition) is 1. The van der Waals surface area contributed by atoms with Crippen molar-refractivity contribution in [1.82, 2.24) is 25.1 Å². The van der Waals surface area contributed by atoms with Crippen molar-refractivity contribution in [1.29, 1.82) is 0 Å². The SMILES string of the molecule is O=C(CCc1nccs1)N1CCC2(CC1)CC2CNC(=O)N1Cc2ccncc2C1. The van der Waals surface area contributed by atoms with E-state index >= 15 is 0 Å². The molecule has 1 spiro atoms. The summed E-state index contributed by atoms with van der Waals surface area (Å²) in [6.07, 6.45) is 9.99. The first-order chi connectivity index (χ1) is 14.6. The van der Waals surface area contributed by atoms with Gasteiger partial charge >= 0.3 is 6.03 Å². The van der Waals surface area contributed by atoms with Crippen LogP contribution >= 0.6 is 11.3 Å². The molecule has 2 aliphatic heterocycles. The van der Waals surface area contributed by atoms with E-state index in [2.05, 4.69) is 15.3 Å². The van der Waals surface area contributed by atoms with Crippen molar-refractivity contribution in [2.24, 2.45) is 11.3 Å². The highest BCUT2D eigenvalue weighted by Gasteiger charge is 2.54. The fourth-order valence-electron chi connectivity index (χ4n) is 4.97. The zero-order valence-electron chi connectivity index (χ0n) is 17.0. The van der Waals surface area contributed by atoms with Crippen molar-refractivity contribution in [2.45, 2.75) is 45.2 Å². The minimum absolute atomic E-state index is 0.0167. The average molecular weight is 426 g/mol. The number of carbonyl (C=O) groups excluding carboxylic acids is 2. The van der Waals surface area contributed by atoms with Crippen LogP contribution in [0, 0.1) is 11.3 Å². The van der Waals surface area contributed by atoms with Gasteiger partial charge in [-0.1, -0.05) is 0 Å². The standard InChI is InChI=1S/C22H27N5O2S/c28-20(2-1-19-24-7-10-30-19)26-8-4-22(5-9-26)11-18(22)13-25-21(29)27-14-16-3-6-23-12-17(16)15-27/h3,6-7,10,12,18H,1-2,4-5,8-9,11,13-15H2,(H,25,29). The van der Waals surface area contributed by atoms with Crippen LogP contribution in [0.1, 0.15) is 41.8 Å². The maximum absolute atomic E-state index is 12.6. The lowest BCUT2D eigenvalue weighted by Crippen LogP contribution is -2.41. The van der Waals surface area contributed by atoms with Crippen LogP contribution in [0.5, 0.6) is 0 Å². The molecule has 158 valence electrons. The van der Waals surface area contributed by atoms with E-state index in [1.165, 1.54) is 12.0 Å². The highest BCUT2D eigenvalue weighted by atomic mass is 32.1. The number of thiazole rings is 1. The molecule has 7 nitrogen and oxygen atoms in total. The van der Waals surface area contributed by atoms with Gasteiger partial charge < -0.3 is 15.1 Å². The van der Waals surface area contributed by atoms with Crippen LogP contribution in [0.25, 0.3) is 0 Å². The number of fused-ring (bicyclic) bond motifs is 1. The molecule has 1 aliphatic carbocycles. The first kappa shape index (κ1) is 19.5. The van der Waals surface area contributed by atoms with Crippen molar-refractivity contribution < 1.29 is 9.59 Å². The predicted octanol–water partition coefficient (Wildman–Crippen LogP) is 2.82. The quantitative estimate of drug-likeness (QED) is 0.799. The second-order valence-electron chi connectivity index (χ2n) is 8.76. The number of nitrogens with zero attached hydrogens (tertiary/aromatic N) is 4. The van der Waals surface area contributed by atoms with Gasteiger partial charge in [0, 0.05) is 69.5 Å². The number of aryl methyl sites for hydroxylation is 1. The van der Waals surface area contributed by atoms with E-state index in [9.17, 15) is 9.59 Å². The first-order valence-electron chi connectivity index (χ1n) is 10.7. The summed E-state index contributed by atoms with van der Waals surface area (Å²) in [7, 11) is 0. The second-order valence-corrected chi connectivity index (χ2v) is 9.74. The second kappa shape index (κ2) is 7.98. The van der Waals surface area contributed by atoms with Gasteiger partial charge in [-0.05, 0) is 47.8 Å². The number of rotatable bonds is 5. The Bertz CT molecular complexity index is 898. The Labute approximate surface area is 180 Å². The fourth-order valence-corrected chi connectivity index (χ4v) is 5.59. The summed E-state index contributed by atoms with van der Waals surface area (Å²) in [4.78, 5) is 37.3. The third-order valence-corrected chi connectivity index (χ3v) is 7.86. The molecule has 5 rings (SSSR count). The summed E-state index contributed by atoms with van der Waals surface area (Å²) in [6, 6.07) is 2.01. The minimum atomic E-state index is 0.0167. The third kappa shape index (κ3) is 3.93. The molecule has 3 aliphatic rings. The van der Waals surface area contributed by atoms with Crippen molar-refractivity contribution >= 4 is 23.3 Å². The van der Waals surface area contributed by atoms with Crippen LogP contribution in [0.2, 0.25) is 0 Å². The predicted molar refractivity (Wildman–Crippen MR) is 114 cm³/mol. The Kier molecular flexibility index (Phi) is 5.18. The van der Waals surface area contributed by atoms with Gasteiger partial charge in [0.25, 0.3) is 0 Å². The number of urea groups is 1. The van der Waals surface area contributed by atoms with Gasteiger partial charge in [-0.25, -0.2) is 9.78 Å². The van der Waals surface area contributed by atoms with Gasteiger partial charge in [-0.3, -0.25) is 9.78 Å². The average Bonchev–Trinajstić information content (AvgIpc) is 3.15. The van der Waals surface area contributed by atoms with E-state index in [1.807, 2.05) is 27.4 Å². The van der Waals surface area contributed by atoms with Crippen LogP contribution in [-0.4, -0.2) is 51.3 Å². The molecule has 1 unspecified atom stereocenters. The lowest BCUT2D eigenvalue weighted by Gasteiger charge is -2.33. The molecule has 2 fully saturated rings. The summed E-state index contributed by atoms with van der Waals surface area (Å²) >= 11 is 1.61. The Hall–Kier alpha value is -2.48. The molecule has 0 aromatic carbocycles. The number of nitrogens with one attached hydrogen (secondary N) is 1. The first-order valence-corrected chi connectivity index (χ1v) is 11.6. The third-order valence-electron chi connectivity index (χ3n) is 7.02. The number of pyridine rings is 1. The van der Waals surface area contributed by atoms with Crippen molar-refractivity contribution in [3.63, 3.8) is 0 Å². The van der Waals surface area contributed by atoms with Crippen LogP contribution in [0.3, 0.4) is 0 Å². The fraction of sp³-hybridized carbons (Fsp3) is 0.545. The monoisotopic (exact) mass is 425 g/mol. The Morgan fingerprint density at radius 1 is 1.17 bits per heavy atom. The van der Waals surface area contributed by atoms with Crippen LogP contribution in [-0.2, 0) is 24.3 Å². The molecule has 1 saturated heterocycles. The van der Waals surface area contributed by atoms with Crippen LogP contribution in [0.15, 0.2) is 30.0 Å². The van der Waals surface area contributed by atoms with E-state index < -0.39 is 0 Å². The van der Waals surface area contributed by atoms with Crippen molar-refractivity contribution in [3.05, 3.63) is 46.2 Å². The van der Waals surface area contributed by atoms with Crippen molar-refractivity contribution in [2.75, 3.05) is 19.6 Å². The van der Waals surface area contributed by atoms with Gasteiger partial charge in [0.05, 0.1) is 5.01 Å². The highest BCUT2D eigenvalue weighted by Crippen LogP contribution is 2.59. The lowest BCUT2D eigenvalue weighted by molar-refractivity contribution is -0.132. The Morgan fingerprint density at radius 3 is 2.77 bits per heavy atom. The van der Waals surface area contributed by atoms with E-state index in [0.29, 0.717) is 30.8 Å². The molecule has 3 amide bonds. The number of piperidine rings is 1. The van der Waals surface area contributed by atoms with E-state index in [1.54, 1.807) is 23.7 Å². The summed E-state index contributed by atoms with van der Waals surface area (Å²) < 4.78 is 0. The van der Waals surface area contributed by atoms with E-state index in [0.717, 1.165) is 49.5 Å². The number of amides is 3. The maximum atomic E-state index is 12.6. The number of aromatic nitrogens is 2. The molecule has 4 heterocycles. The molecular weight excluding hydrogens is 398 g/mol. The summed E-state index contributed by atoms with van der Waals surface area (Å²) in [6.45, 7) is 3.73. The molecule has 1 N–H and O–H groups in total. The Balaban J connectivity index is 1.04. The maximum Gasteiger partial charge on any atom is 0.318 e. The largest absolute Gasteiger partial charge is 0.343 e. The van der Waals surface area contributed by atoms with E-state index in [-0.39, 0.29) is 11.9 Å². The zero-order chi connectivity index (χ0) is 20.6. The number of carbonyl (C=O) groups is 2. The highest BCUT2D eigenvalue weighted by molar-refractivity contribution is 7.09. The zero-order valence-corrected chi connectivity index (χ0v) is 17.9. The molecule has 1 saturated carbocycles. The van der Waals surface area contributed by atoms with Crippen molar-refractivity contribution in [3.8, 4) is 0 Å². The van der Waals surface area contributed by atoms with Gasteiger partial charge in [0.2, 0.25) is 5.91 Å². The van der Waals surface area contributed by atoms with Crippen LogP contribution in [0.4, 0.5) is 4.79 Å².